The van der Waals surface area contributed by atoms with Gasteiger partial charge < -0.3 is 15.3 Å². The van der Waals surface area contributed by atoms with Gasteiger partial charge in [-0.25, -0.2) is 4.39 Å². The first kappa shape index (κ1) is 21.0. The fourth-order valence-electron chi connectivity index (χ4n) is 4.65. The molecule has 1 saturated carbocycles. The molecule has 2 aliphatic rings. The van der Waals surface area contributed by atoms with Crippen molar-refractivity contribution in [3.05, 3.63) is 58.0 Å². The third kappa shape index (κ3) is 4.01. The number of amides is 2. The number of rotatable bonds is 4. The van der Waals surface area contributed by atoms with Crippen LogP contribution in [-0.2, 0) is 4.79 Å². The van der Waals surface area contributed by atoms with E-state index in [-0.39, 0.29) is 23.9 Å². The quantitative estimate of drug-likeness (QED) is 0.773. The molecule has 0 spiro atoms. The van der Waals surface area contributed by atoms with Crippen LogP contribution < -0.4 is 5.32 Å². The Kier molecular flexibility index (Phi) is 5.93. The first-order valence-corrected chi connectivity index (χ1v) is 11.4. The zero-order valence-corrected chi connectivity index (χ0v) is 17.8. The number of piperidine rings is 1. The summed E-state index contributed by atoms with van der Waals surface area (Å²) >= 11 is 1.46. The predicted molar refractivity (Wildman–Crippen MR) is 114 cm³/mol. The Morgan fingerprint density at radius 3 is 2.60 bits per heavy atom. The molecule has 3 atom stereocenters. The standard InChI is InChI=1S/C23H27FN2O3S/c1-23(29)12-13-26(22(28)16-9-4-5-10-17(16)24)19(18-11-6-14-30-18)20(23)25-21(27)15-7-2-3-8-15/h4-6,9-11,14-15,19-20,29H,2-3,7-8,12-13H2,1H3,(H,25,27)/t19-,20-,23+/m0/s1. The summed E-state index contributed by atoms with van der Waals surface area (Å²) in [7, 11) is 0. The van der Waals surface area contributed by atoms with Gasteiger partial charge in [-0.1, -0.05) is 31.0 Å². The smallest absolute Gasteiger partial charge is 0.257 e. The summed E-state index contributed by atoms with van der Waals surface area (Å²) in [5, 5.41) is 16.2. The average molecular weight is 431 g/mol. The van der Waals surface area contributed by atoms with Gasteiger partial charge in [0, 0.05) is 17.3 Å². The molecule has 4 rings (SSSR count). The largest absolute Gasteiger partial charge is 0.388 e. The molecule has 2 fully saturated rings. The van der Waals surface area contributed by atoms with Gasteiger partial charge in [0.05, 0.1) is 23.2 Å². The van der Waals surface area contributed by atoms with Crippen LogP contribution in [0.25, 0.3) is 0 Å². The van der Waals surface area contributed by atoms with Gasteiger partial charge >= 0.3 is 0 Å². The van der Waals surface area contributed by atoms with Crippen LogP contribution in [0.3, 0.4) is 0 Å². The maximum absolute atomic E-state index is 14.4. The SMILES string of the molecule is C[C@@]1(O)CCN(C(=O)c2ccccc2F)[C@@H](c2cccs2)[C@@H]1NC(=O)C1CCCC1. The van der Waals surface area contributed by atoms with Crippen molar-refractivity contribution in [2.24, 2.45) is 5.92 Å². The molecule has 1 aliphatic heterocycles. The summed E-state index contributed by atoms with van der Waals surface area (Å²) in [5.74, 6) is -1.12. The molecule has 2 N–H and O–H groups in total. The molecule has 0 unspecified atom stereocenters. The number of carbonyl (C=O) groups is 2. The van der Waals surface area contributed by atoms with Crippen LogP contribution in [-0.4, -0.2) is 40.0 Å². The van der Waals surface area contributed by atoms with Gasteiger partial charge in [-0.05, 0) is 49.8 Å². The van der Waals surface area contributed by atoms with Crippen LogP contribution in [0.15, 0.2) is 41.8 Å². The van der Waals surface area contributed by atoms with Crippen LogP contribution in [0, 0.1) is 11.7 Å². The van der Waals surface area contributed by atoms with E-state index in [1.807, 2.05) is 17.5 Å². The molecule has 5 nitrogen and oxygen atoms in total. The van der Waals surface area contributed by atoms with Crippen molar-refractivity contribution in [3.63, 3.8) is 0 Å². The van der Waals surface area contributed by atoms with Crippen molar-refractivity contribution in [3.8, 4) is 0 Å². The molecule has 1 saturated heterocycles. The highest BCUT2D eigenvalue weighted by Gasteiger charge is 2.49. The monoisotopic (exact) mass is 430 g/mol. The van der Waals surface area contributed by atoms with Crippen molar-refractivity contribution >= 4 is 23.2 Å². The molecule has 0 radical (unpaired) electrons. The third-order valence-corrected chi connectivity index (χ3v) is 7.35. The molecule has 1 aromatic carbocycles. The van der Waals surface area contributed by atoms with Gasteiger partial charge in [-0.3, -0.25) is 9.59 Å². The lowest BCUT2D eigenvalue weighted by Crippen LogP contribution is -2.63. The number of benzene rings is 1. The van der Waals surface area contributed by atoms with Gasteiger partial charge in [0.15, 0.2) is 0 Å². The lowest BCUT2D eigenvalue weighted by molar-refractivity contribution is -0.131. The number of hydrogen-bond donors (Lipinski definition) is 2. The first-order chi connectivity index (χ1) is 14.4. The van der Waals surface area contributed by atoms with Crippen molar-refractivity contribution in [2.45, 2.75) is 56.7 Å². The average Bonchev–Trinajstić information content (AvgIpc) is 3.43. The molecule has 160 valence electrons. The van der Waals surface area contributed by atoms with E-state index in [1.165, 1.54) is 23.5 Å². The maximum atomic E-state index is 14.4. The highest BCUT2D eigenvalue weighted by atomic mass is 32.1. The molecule has 2 heterocycles. The van der Waals surface area contributed by atoms with Crippen LogP contribution >= 0.6 is 11.3 Å². The molecule has 2 amide bonds. The fourth-order valence-corrected chi connectivity index (χ4v) is 5.52. The molecule has 0 bridgehead atoms. The molecule has 7 heteroatoms. The Morgan fingerprint density at radius 2 is 1.93 bits per heavy atom. The van der Waals surface area contributed by atoms with E-state index in [0.29, 0.717) is 6.42 Å². The molecule has 30 heavy (non-hydrogen) atoms. The molecule has 1 aliphatic carbocycles. The second-order valence-electron chi connectivity index (χ2n) is 8.51. The van der Waals surface area contributed by atoms with Gasteiger partial charge in [-0.15, -0.1) is 11.3 Å². The summed E-state index contributed by atoms with van der Waals surface area (Å²) in [6.07, 6.45) is 4.06. The van der Waals surface area contributed by atoms with Crippen molar-refractivity contribution in [1.29, 1.82) is 0 Å². The Bertz CT molecular complexity index is 909. The highest BCUT2D eigenvalue weighted by molar-refractivity contribution is 7.10. The van der Waals surface area contributed by atoms with Crippen molar-refractivity contribution in [1.82, 2.24) is 10.2 Å². The summed E-state index contributed by atoms with van der Waals surface area (Å²) in [5.41, 5.74) is -1.18. The second-order valence-corrected chi connectivity index (χ2v) is 9.49. The van der Waals surface area contributed by atoms with E-state index in [0.717, 1.165) is 30.6 Å². The van der Waals surface area contributed by atoms with Gasteiger partial charge in [0.2, 0.25) is 5.91 Å². The number of hydrogen-bond acceptors (Lipinski definition) is 4. The predicted octanol–water partition coefficient (Wildman–Crippen LogP) is 3.90. The normalized spacial score (nSPS) is 27.2. The Labute approximate surface area is 179 Å². The Morgan fingerprint density at radius 1 is 1.20 bits per heavy atom. The lowest BCUT2D eigenvalue weighted by Gasteiger charge is -2.48. The number of nitrogens with one attached hydrogen (secondary N) is 1. The lowest BCUT2D eigenvalue weighted by atomic mass is 9.81. The number of nitrogens with zero attached hydrogens (tertiary/aromatic N) is 1. The van der Waals surface area contributed by atoms with Gasteiger partial charge in [0.1, 0.15) is 5.82 Å². The maximum Gasteiger partial charge on any atom is 0.257 e. The highest BCUT2D eigenvalue weighted by Crippen LogP contribution is 2.40. The zero-order valence-electron chi connectivity index (χ0n) is 17.0. The minimum atomic E-state index is -1.19. The molecule has 1 aromatic heterocycles. The summed E-state index contributed by atoms with van der Waals surface area (Å²) < 4.78 is 14.4. The second kappa shape index (κ2) is 8.47. The van der Waals surface area contributed by atoms with Crippen LogP contribution in [0.5, 0.6) is 0 Å². The number of halogens is 1. The van der Waals surface area contributed by atoms with E-state index in [1.54, 1.807) is 24.0 Å². The van der Waals surface area contributed by atoms with E-state index < -0.39 is 29.4 Å². The number of carbonyl (C=O) groups excluding carboxylic acids is 2. The minimum absolute atomic E-state index is 0.00136. The number of likely N-dealkylation sites (tertiary alicyclic amines) is 1. The van der Waals surface area contributed by atoms with E-state index in [9.17, 15) is 19.1 Å². The topological polar surface area (TPSA) is 69.6 Å². The van der Waals surface area contributed by atoms with Gasteiger partial charge in [-0.2, -0.15) is 0 Å². The Balaban J connectivity index is 1.69. The Hall–Kier alpha value is -2.25. The van der Waals surface area contributed by atoms with Gasteiger partial charge in [0.25, 0.3) is 5.91 Å². The summed E-state index contributed by atoms with van der Waals surface area (Å²) in [6, 6.07) is 8.47. The van der Waals surface area contributed by atoms with Crippen LogP contribution in [0.2, 0.25) is 0 Å². The van der Waals surface area contributed by atoms with Crippen LogP contribution in [0.1, 0.15) is 60.3 Å². The first-order valence-electron chi connectivity index (χ1n) is 10.5. The molecular weight excluding hydrogens is 403 g/mol. The number of aliphatic hydroxyl groups is 1. The van der Waals surface area contributed by atoms with Crippen molar-refractivity contribution < 1.29 is 19.1 Å². The third-order valence-electron chi connectivity index (χ3n) is 6.40. The molecule has 2 aromatic rings. The summed E-state index contributed by atoms with van der Waals surface area (Å²) in [6.45, 7) is 1.98. The van der Waals surface area contributed by atoms with E-state index in [4.69, 9.17) is 0 Å². The van der Waals surface area contributed by atoms with Crippen LogP contribution in [0.4, 0.5) is 4.39 Å². The molecular formula is C23H27FN2O3S. The fraction of sp³-hybridized carbons (Fsp3) is 0.478. The van der Waals surface area contributed by atoms with Crippen molar-refractivity contribution in [2.75, 3.05) is 6.54 Å². The zero-order chi connectivity index (χ0) is 21.3. The number of thiophene rings is 1. The minimum Gasteiger partial charge on any atom is -0.388 e. The van der Waals surface area contributed by atoms with E-state index >= 15 is 0 Å². The van der Waals surface area contributed by atoms with E-state index in [2.05, 4.69) is 5.32 Å². The summed E-state index contributed by atoms with van der Waals surface area (Å²) in [4.78, 5) is 28.7.